The molecule has 0 unspecified atom stereocenters. The van der Waals surface area contributed by atoms with Gasteiger partial charge in [-0.25, -0.2) is 14.4 Å². The van der Waals surface area contributed by atoms with E-state index in [1.54, 1.807) is 25.3 Å². The zero-order valence-electron chi connectivity index (χ0n) is 16.3. The van der Waals surface area contributed by atoms with Gasteiger partial charge in [0, 0.05) is 5.56 Å². The molecule has 0 saturated carbocycles. The number of hydrogen-bond acceptors (Lipinski definition) is 6. The van der Waals surface area contributed by atoms with Crippen LogP contribution in [0.2, 0.25) is 0 Å². The number of halogens is 1. The molecule has 0 fully saturated rings. The topological polar surface area (TPSA) is 103 Å². The summed E-state index contributed by atoms with van der Waals surface area (Å²) in [6, 6.07) is 12.9. The van der Waals surface area contributed by atoms with E-state index in [9.17, 15) is 14.6 Å². The van der Waals surface area contributed by atoms with Crippen molar-refractivity contribution in [3.05, 3.63) is 71.8 Å². The molecule has 154 valence electrons. The van der Waals surface area contributed by atoms with Crippen molar-refractivity contribution in [3.63, 3.8) is 0 Å². The molecule has 0 amide bonds. The first kappa shape index (κ1) is 19.8. The highest BCUT2D eigenvalue weighted by Crippen LogP contribution is 2.34. The van der Waals surface area contributed by atoms with Crippen LogP contribution in [0.5, 0.6) is 5.75 Å². The minimum absolute atomic E-state index is 0.0746. The predicted octanol–water partition coefficient (Wildman–Crippen LogP) is 3.41. The zero-order valence-corrected chi connectivity index (χ0v) is 16.3. The number of aromatic amines is 1. The van der Waals surface area contributed by atoms with Crippen molar-refractivity contribution in [3.8, 4) is 17.0 Å². The Morgan fingerprint density at radius 3 is 2.60 bits per heavy atom. The Kier molecular flexibility index (Phi) is 5.60. The van der Waals surface area contributed by atoms with Crippen LogP contribution < -0.4 is 10.1 Å². The Morgan fingerprint density at radius 2 is 1.90 bits per heavy atom. The second kappa shape index (κ2) is 8.48. The molecule has 0 saturated heterocycles. The van der Waals surface area contributed by atoms with E-state index in [1.807, 2.05) is 18.2 Å². The van der Waals surface area contributed by atoms with Crippen molar-refractivity contribution in [2.24, 2.45) is 0 Å². The molecule has 7 nitrogen and oxygen atoms in total. The van der Waals surface area contributed by atoms with E-state index in [4.69, 9.17) is 4.74 Å². The lowest BCUT2D eigenvalue weighted by molar-refractivity contribution is 0.276. The third-order valence-electron chi connectivity index (χ3n) is 4.93. The molecule has 0 aliphatic carbocycles. The summed E-state index contributed by atoms with van der Waals surface area (Å²) in [6.45, 7) is -0.264. The van der Waals surface area contributed by atoms with Crippen molar-refractivity contribution in [1.82, 2.24) is 15.0 Å². The normalized spacial score (nSPS) is 12.1. The average Bonchev–Trinajstić information content (AvgIpc) is 3.22. The van der Waals surface area contributed by atoms with Crippen LogP contribution in [0.3, 0.4) is 0 Å². The molecule has 2 aromatic carbocycles. The Bertz CT molecular complexity index is 1160. The molecule has 0 spiro atoms. The number of anilines is 1. The number of aromatic nitrogens is 3. The van der Waals surface area contributed by atoms with Crippen molar-refractivity contribution >= 4 is 16.9 Å². The van der Waals surface area contributed by atoms with Gasteiger partial charge in [0.1, 0.15) is 29.4 Å². The fourth-order valence-corrected chi connectivity index (χ4v) is 3.35. The number of rotatable bonds is 7. The van der Waals surface area contributed by atoms with E-state index < -0.39 is 6.04 Å². The van der Waals surface area contributed by atoms with Gasteiger partial charge in [0.15, 0.2) is 0 Å². The van der Waals surface area contributed by atoms with Gasteiger partial charge in [-0.2, -0.15) is 0 Å². The summed E-state index contributed by atoms with van der Waals surface area (Å²) in [6.07, 6.45) is 1.43. The zero-order chi connectivity index (χ0) is 21.1. The van der Waals surface area contributed by atoms with Gasteiger partial charge in [0.25, 0.3) is 0 Å². The van der Waals surface area contributed by atoms with Crippen LogP contribution in [-0.2, 0) is 6.61 Å². The highest BCUT2D eigenvalue weighted by atomic mass is 19.1. The van der Waals surface area contributed by atoms with Gasteiger partial charge >= 0.3 is 0 Å². The summed E-state index contributed by atoms with van der Waals surface area (Å²) in [5.74, 6) is 0.822. The van der Waals surface area contributed by atoms with Crippen LogP contribution in [0, 0.1) is 5.82 Å². The molecule has 0 bridgehead atoms. The third kappa shape index (κ3) is 3.83. The number of fused-ring (bicyclic) bond motifs is 1. The molecule has 30 heavy (non-hydrogen) atoms. The molecule has 4 rings (SSSR count). The number of aliphatic hydroxyl groups is 2. The maximum Gasteiger partial charge on any atom is 0.143 e. The second-order valence-electron chi connectivity index (χ2n) is 6.79. The molecule has 0 radical (unpaired) electrons. The SMILES string of the molecule is COc1cc(CO)ccc1-c1cc2c(N[C@H](CO)c3ccc(F)cc3)ncnc2[nH]1. The van der Waals surface area contributed by atoms with E-state index in [0.29, 0.717) is 17.2 Å². The number of nitrogens with zero attached hydrogens (tertiary/aromatic N) is 2. The van der Waals surface area contributed by atoms with Crippen LogP contribution in [0.15, 0.2) is 54.9 Å². The maximum absolute atomic E-state index is 13.2. The predicted molar refractivity (Wildman–Crippen MR) is 112 cm³/mol. The second-order valence-corrected chi connectivity index (χ2v) is 6.79. The fourth-order valence-electron chi connectivity index (χ4n) is 3.35. The van der Waals surface area contributed by atoms with E-state index >= 15 is 0 Å². The molecular formula is C22H21FN4O3. The van der Waals surface area contributed by atoms with Crippen LogP contribution in [0.4, 0.5) is 10.2 Å². The fraction of sp³-hybridized carbons (Fsp3) is 0.182. The Balaban J connectivity index is 1.71. The highest BCUT2D eigenvalue weighted by Gasteiger charge is 2.16. The van der Waals surface area contributed by atoms with Gasteiger partial charge in [-0.1, -0.05) is 18.2 Å². The number of methoxy groups -OCH3 is 1. The summed E-state index contributed by atoms with van der Waals surface area (Å²) >= 11 is 0. The average molecular weight is 408 g/mol. The van der Waals surface area contributed by atoms with Crippen molar-refractivity contribution in [2.75, 3.05) is 19.0 Å². The lowest BCUT2D eigenvalue weighted by atomic mass is 10.1. The lowest BCUT2D eigenvalue weighted by Crippen LogP contribution is -2.15. The van der Waals surface area contributed by atoms with Crippen LogP contribution in [0.25, 0.3) is 22.3 Å². The van der Waals surface area contributed by atoms with Gasteiger partial charge in [0.05, 0.1) is 37.4 Å². The van der Waals surface area contributed by atoms with Gasteiger partial charge < -0.3 is 25.3 Å². The molecule has 2 heterocycles. The number of nitrogens with one attached hydrogen (secondary N) is 2. The summed E-state index contributed by atoms with van der Waals surface area (Å²) in [7, 11) is 1.57. The van der Waals surface area contributed by atoms with Crippen molar-refractivity contribution in [2.45, 2.75) is 12.6 Å². The summed E-state index contributed by atoms with van der Waals surface area (Å²) in [5, 5.41) is 23.1. The largest absolute Gasteiger partial charge is 0.496 e. The molecule has 1 atom stereocenters. The summed E-state index contributed by atoms with van der Waals surface area (Å²) < 4.78 is 18.7. The quantitative estimate of drug-likeness (QED) is 0.374. The molecule has 0 aliphatic heterocycles. The Labute approximate surface area is 172 Å². The van der Waals surface area contributed by atoms with Crippen molar-refractivity contribution in [1.29, 1.82) is 0 Å². The number of hydrogen-bond donors (Lipinski definition) is 4. The molecule has 8 heteroatoms. The number of aliphatic hydroxyl groups excluding tert-OH is 2. The highest BCUT2D eigenvalue weighted by molar-refractivity contribution is 5.92. The molecular weight excluding hydrogens is 387 g/mol. The first-order valence-corrected chi connectivity index (χ1v) is 9.37. The smallest absolute Gasteiger partial charge is 0.143 e. The van der Waals surface area contributed by atoms with Crippen LogP contribution in [-0.4, -0.2) is 38.9 Å². The third-order valence-corrected chi connectivity index (χ3v) is 4.93. The summed E-state index contributed by atoms with van der Waals surface area (Å²) in [4.78, 5) is 11.9. The number of benzene rings is 2. The first-order valence-electron chi connectivity index (χ1n) is 9.37. The number of ether oxygens (including phenoxy) is 1. The Morgan fingerprint density at radius 1 is 1.10 bits per heavy atom. The minimum atomic E-state index is -0.458. The van der Waals surface area contributed by atoms with E-state index in [2.05, 4.69) is 20.3 Å². The van der Waals surface area contributed by atoms with Gasteiger partial charge in [-0.15, -0.1) is 0 Å². The van der Waals surface area contributed by atoms with E-state index in [-0.39, 0.29) is 19.0 Å². The molecule has 0 aliphatic rings. The maximum atomic E-state index is 13.2. The Hall–Kier alpha value is -3.49. The molecule has 2 aromatic heterocycles. The van der Waals surface area contributed by atoms with E-state index in [0.717, 1.165) is 27.8 Å². The molecule has 4 aromatic rings. The monoisotopic (exact) mass is 408 g/mol. The first-order chi connectivity index (χ1) is 14.6. The van der Waals surface area contributed by atoms with Gasteiger partial charge in [-0.05, 0) is 41.5 Å². The molecule has 4 N–H and O–H groups in total. The summed E-state index contributed by atoms with van der Waals surface area (Å²) in [5.41, 5.74) is 3.70. The standard InChI is InChI=1S/C22H21FN4O3/c1-30-20-8-13(10-28)2-7-16(20)18-9-17-21(26-18)24-12-25-22(17)27-19(11-29)14-3-5-15(23)6-4-14/h2-9,12,19,28-29H,10-11H2,1H3,(H2,24,25,26,27)/t19-/m1/s1. The number of H-pyrrole nitrogens is 1. The van der Waals surface area contributed by atoms with E-state index in [1.165, 1.54) is 18.5 Å². The van der Waals surface area contributed by atoms with Crippen LogP contribution >= 0.6 is 0 Å². The van der Waals surface area contributed by atoms with Crippen molar-refractivity contribution < 1.29 is 19.3 Å². The van der Waals surface area contributed by atoms with Gasteiger partial charge in [-0.3, -0.25) is 0 Å². The minimum Gasteiger partial charge on any atom is -0.496 e. The van der Waals surface area contributed by atoms with Crippen LogP contribution in [0.1, 0.15) is 17.2 Å². The lowest BCUT2D eigenvalue weighted by Gasteiger charge is -2.17. The van der Waals surface area contributed by atoms with Gasteiger partial charge in [0.2, 0.25) is 0 Å².